The van der Waals surface area contributed by atoms with Crippen LogP contribution in [0.4, 0.5) is 5.13 Å². The highest BCUT2D eigenvalue weighted by Crippen LogP contribution is 2.34. The van der Waals surface area contributed by atoms with Crippen LogP contribution in [0, 0.1) is 0 Å². The summed E-state index contributed by atoms with van der Waals surface area (Å²) < 4.78 is 12.5. The number of hydrogen-bond donors (Lipinski definition) is 0. The summed E-state index contributed by atoms with van der Waals surface area (Å²) in [5.41, 5.74) is 0.948. The van der Waals surface area contributed by atoms with Crippen molar-refractivity contribution in [1.82, 2.24) is 4.98 Å². The predicted molar refractivity (Wildman–Crippen MR) is 115 cm³/mol. The molecule has 1 amide bonds. The van der Waals surface area contributed by atoms with Crippen LogP contribution in [0.25, 0.3) is 10.2 Å². The van der Waals surface area contributed by atoms with E-state index in [2.05, 4.69) is 6.07 Å². The number of thioether (sulfide) groups is 1. The van der Waals surface area contributed by atoms with Gasteiger partial charge in [0.25, 0.3) is 5.91 Å². The highest BCUT2D eigenvalue weighted by atomic mass is 32.2. The molecule has 0 radical (unpaired) electrons. The first kappa shape index (κ1) is 19.2. The first-order chi connectivity index (χ1) is 13.7. The van der Waals surface area contributed by atoms with Crippen LogP contribution in [0.5, 0.6) is 5.75 Å². The molecule has 7 heteroatoms. The molecule has 1 atom stereocenters. The Bertz CT molecular complexity index is 939. The molecule has 28 heavy (non-hydrogen) atoms. The molecule has 1 fully saturated rings. The lowest BCUT2D eigenvalue weighted by atomic mass is 10.2. The molecule has 3 aromatic rings. The van der Waals surface area contributed by atoms with E-state index in [1.54, 1.807) is 16.7 Å². The topological polar surface area (TPSA) is 51.7 Å². The van der Waals surface area contributed by atoms with E-state index in [0.29, 0.717) is 17.4 Å². The van der Waals surface area contributed by atoms with E-state index in [1.807, 2.05) is 48.7 Å². The molecule has 0 unspecified atom stereocenters. The summed E-state index contributed by atoms with van der Waals surface area (Å²) in [6.45, 7) is 1.23. The molecule has 0 aliphatic carbocycles. The molecular weight excluding hydrogens is 392 g/mol. The number of ether oxygens (including phenoxy) is 2. The van der Waals surface area contributed by atoms with E-state index in [0.717, 1.165) is 34.6 Å². The van der Waals surface area contributed by atoms with Crippen LogP contribution in [-0.4, -0.2) is 43.0 Å². The first-order valence-corrected chi connectivity index (χ1v) is 11.3. The van der Waals surface area contributed by atoms with Crippen molar-refractivity contribution in [3.05, 3.63) is 48.5 Å². The van der Waals surface area contributed by atoms with Crippen LogP contribution in [0.3, 0.4) is 0 Å². The van der Waals surface area contributed by atoms with Gasteiger partial charge >= 0.3 is 0 Å². The summed E-state index contributed by atoms with van der Waals surface area (Å²) in [4.78, 5) is 20.7. The van der Waals surface area contributed by atoms with Gasteiger partial charge in [-0.05, 0) is 43.4 Å². The Labute approximate surface area is 172 Å². The summed E-state index contributed by atoms with van der Waals surface area (Å²) in [5.74, 6) is 0.575. The van der Waals surface area contributed by atoms with Crippen molar-refractivity contribution in [1.29, 1.82) is 0 Å². The molecule has 1 aliphatic rings. The molecule has 1 saturated heterocycles. The Morgan fingerprint density at radius 3 is 2.89 bits per heavy atom. The van der Waals surface area contributed by atoms with Gasteiger partial charge in [0, 0.05) is 11.5 Å². The quantitative estimate of drug-likeness (QED) is 0.529. The van der Waals surface area contributed by atoms with Crippen molar-refractivity contribution in [3.63, 3.8) is 0 Å². The minimum Gasteiger partial charge on any atom is -0.484 e. The molecule has 1 aliphatic heterocycles. The second-order valence-corrected chi connectivity index (χ2v) is 8.40. The van der Waals surface area contributed by atoms with Crippen molar-refractivity contribution in [3.8, 4) is 5.75 Å². The monoisotopic (exact) mass is 414 g/mol. The van der Waals surface area contributed by atoms with Gasteiger partial charge in [0.2, 0.25) is 0 Å². The highest BCUT2D eigenvalue weighted by molar-refractivity contribution is 7.98. The smallest absolute Gasteiger partial charge is 0.266 e. The molecule has 0 bridgehead atoms. The van der Waals surface area contributed by atoms with Gasteiger partial charge in [-0.1, -0.05) is 35.6 Å². The third-order valence-electron chi connectivity index (χ3n) is 4.64. The molecule has 0 saturated carbocycles. The number of fused-ring (bicyclic) bond motifs is 1. The van der Waals surface area contributed by atoms with Crippen LogP contribution < -0.4 is 9.64 Å². The summed E-state index contributed by atoms with van der Waals surface area (Å²) in [6.07, 6.45) is 4.08. The van der Waals surface area contributed by atoms with Gasteiger partial charge in [-0.3, -0.25) is 9.69 Å². The summed E-state index contributed by atoms with van der Waals surface area (Å²) in [7, 11) is 0. The van der Waals surface area contributed by atoms with Crippen molar-refractivity contribution in [2.75, 3.05) is 30.9 Å². The zero-order valence-corrected chi connectivity index (χ0v) is 17.3. The van der Waals surface area contributed by atoms with E-state index < -0.39 is 0 Å². The molecule has 4 rings (SSSR count). The number of para-hydroxylation sites is 2. The SMILES string of the molecule is CSc1cccc2sc(N(C[C@H]3CCCO3)C(=O)COc3ccccc3)nc12. The Morgan fingerprint density at radius 2 is 2.14 bits per heavy atom. The summed E-state index contributed by atoms with van der Waals surface area (Å²) >= 11 is 3.20. The minimum absolute atomic E-state index is 0.0258. The van der Waals surface area contributed by atoms with Gasteiger partial charge in [-0.2, -0.15) is 0 Å². The number of hydrogen-bond acceptors (Lipinski definition) is 6. The van der Waals surface area contributed by atoms with E-state index in [9.17, 15) is 4.79 Å². The molecule has 2 aromatic carbocycles. The van der Waals surface area contributed by atoms with Crippen molar-refractivity contribution >= 4 is 44.4 Å². The second-order valence-electron chi connectivity index (χ2n) is 6.54. The normalized spacial score (nSPS) is 16.4. The van der Waals surface area contributed by atoms with E-state index in [-0.39, 0.29) is 18.6 Å². The minimum atomic E-state index is -0.107. The fraction of sp³-hybridized carbons (Fsp3) is 0.333. The number of carbonyl (C=O) groups excluding carboxylic acids is 1. The lowest BCUT2D eigenvalue weighted by Crippen LogP contribution is -2.40. The number of benzene rings is 2. The maximum Gasteiger partial charge on any atom is 0.266 e. The molecule has 0 spiro atoms. The summed E-state index contributed by atoms with van der Waals surface area (Å²) in [6, 6.07) is 15.5. The highest BCUT2D eigenvalue weighted by Gasteiger charge is 2.26. The van der Waals surface area contributed by atoms with Gasteiger partial charge < -0.3 is 9.47 Å². The molecule has 5 nitrogen and oxygen atoms in total. The van der Waals surface area contributed by atoms with Gasteiger partial charge in [-0.15, -0.1) is 11.8 Å². The molecular formula is C21H22N2O3S2. The van der Waals surface area contributed by atoms with Crippen LogP contribution in [-0.2, 0) is 9.53 Å². The number of rotatable bonds is 7. The standard InChI is InChI=1S/C21H22N2O3S2/c1-27-17-10-5-11-18-20(17)22-21(28-18)23(13-16-9-6-12-25-16)19(24)14-26-15-7-3-2-4-8-15/h2-5,7-8,10-11,16H,6,9,12-14H2,1H3/t16-/m1/s1. The van der Waals surface area contributed by atoms with Gasteiger partial charge in [-0.25, -0.2) is 4.98 Å². The van der Waals surface area contributed by atoms with E-state index in [4.69, 9.17) is 14.5 Å². The Kier molecular flexibility index (Phi) is 6.14. The van der Waals surface area contributed by atoms with Gasteiger partial charge in [0.05, 0.1) is 22.9 Å². The average molecular weight is 415 g/mol. The van der Waals surface area contributed by atoms with Crippen molar-refractivity contribution in [2.45, 2.75) is 23.8 Å². The molecule has 1 aromatic heterocycles. The van der Waals surface area contributed by atoms with Crippen molar-refractivity contribution < 1.29 is 14.3 Å². The number of anilines is 1. The Balaban J connectivity index is 1.58. The first-order valence-electron chi connectivity index (χ1n) is 9.28. The average Bonchev–Trinajstić information content (AvgIpc) is 3.40. The lowest BCUT2D eigenvalue weighted by molar-refractivity contribution is -0.120. The van der Waals surface area contributed by atoms with Crippen LogP contribution >= 0.6 is 23.1 Å². The predicted octanol–water partition coefficient (Wildman–Crippen LogP) is 4.61. The second kappa shape index (κ2) is 8.94. The number of aromatic nitrogens is 1. The molecule has 146 valence electrons. The largest absolute Gasteiger partial charge is 0.484 e. The fourth-order valence-corrected chi connectivity index (χ4v) is 4.86. The summed E-state index contributed by atoms with van der Waals surface area (Å²) in [5, 5.41) is 0.702. The van der Waals surface area contributed by atoms with E-state index >= 15 is 0 Å². The Hall–Kier alpha value is -2.09. The Morgan fingerprint density at radius 1 is 1.29 bits per heavy atom. The van der Waals surface area contributed by atoms with Gasteiger partial charge in [0.15, 0.2) is 11.7 Å². The zero-order chi connectivity index (χ0) is 19.3. The molecule has 0 N–H and O–H groups in total. The third-order valence-corrected chi connectivity index (χ3v) is 6.45. The maximum absolute atomic E-state index is 13.0. The van der Waals surface area contributed by atoms with Gasteiger partial charge in [0.1, 0.15) is 5.75 Å². The lowest BCUT2D eigenvalue weighted by Gasteiger charge is -2.23. The van der Waals surface area contributed by atoms with Crippen LogP contribution in [0.15, 0.2) is 53.4 Å². The number of nitrogens with zero attached hydrogens (tertiary/aromatic N) is 2. The van der Waals surface area contributed by atoms with Crippen molar-refractivity contribution in [2.24, 2.45) is 0 Å². The maximum atomic E-state index is 13.0. The fourth-order valence-electron chi connectivity index (χ4n) is 3.21. The zero-order valence-electron chi connectivity index (χ0n) is 15.7. The number of amides is 1. The number of thiazole rings is 1. The van der Waals surface area contributed by atoms with E-state index in [1.165, 1.54) is 11.3 Å². The third kappa shape index (κ3) is 4.32. The van der Waals surface area contributed by atoms with Crippen LogP contribution in [0.2, 0.25) is 0 Å². The van der Waals surface area contributed by atoms with Crippen LogP contribution in [0.1, 0.15) is 12.8 Å². The number of carbonyl (C=O) groups is 1. The molecule has 2 heterocycles.